The second kappa shape index (κ2) is 6.05. The molecule has 2 aromatic carbocycles. The lowest BCUT2D eigenvalue weighted by Gasteiger charge is -2.18. The highest BCUT2D eigenvalue weighted by Gasteiger charge is 2.17. The fourth-order valence-electron chi connectivity index (χ4n) is 1.87. The molecule has 0 saturated carbocycles. The molecule has 0 unspecified atom stereocenters. The molecule has 0 heterocycles. The van der Waals surface area contributed by atoms with Gasteiger partial charge in [0.15, 0.2) is 0 Å². The van der Waals surface area contributed by atoms with E-state index in [2.05, 4.69) is 15.9 Å². The van der Waals surface area contributed by atoms with Crippen LogP contribution in [0, 0.1) is 5.82 Å². The van der Waals surface area contributed by atoms with Crippen LogP contribution in [0.15, 0.2) is 46.9 Å². The Kier molecular flexibility index (Phi) is 4.39. The molecule has 2 N–H and O–H groups in total. The van der Waals surface area contributed by atoms with Gasteiger partial charge < -0.3 is 10.6 Å². The summed E-state index contributed by atoms with van der Waals surface area (Å²) in [6.07, 6.45) is 0. The maximum atomic E-state index is 13.7. The van der Waals surface area contributed by atoms with E-state index in [0.717, 1.165) is 10.0 Å². The van der Waals surface area contributed by atoms with Gasteiger partial charge in [0, 0.05) is 23.8 Å². The van der Waals surface area contributed by atoms with Crippen LogP contribution in [0.5, 0.6) is 0 Å². The van der Waals surface area contributed by atoms with Gasteiger partial charge >= 0.3 is 0 Å². The Morgan fingerprint density at radius 1 is 1.30 bits per heavy atom. The summed E-state index contributed by atoms with van der Waals surface area (Å²) in [6, 6.07) is 11.6. The first kappa shape index (κ1) is 14.5. The Labute approximate surface area is 125 Å². The summed E-state index contributed by atoms with van der Waals surface area (Å²) >= 11 is 3.42. The van der Waals surface area contributed by atoms with Crippen molar-refractivity contribution in [2.75, 3.05) is 12.8 Å². The van der Waals surface area contributed by atoms with Crippen LogP contribution in [-0.2, 0) is 6.54 Å². The van der Waals surface area contributed by atoms with E-state index in [1.807, 2.05) is 24.3 Å². The molecule has 3 nitrogen and oxygen atoms in total. The Morgan fingerprint density at radius 2 is 2.00 bits per heavy atom. The topological polar surface area (TPSA) is 46.3 Å². The zero-order valence-electron chi connectivity index (χ0n) is 10.9. The smallest absolute Gasteiger partial charge is 0.256 e. The maximum absolute atomic E-state index is 13.7. The molecule has 0 fully saturated rings. The van der Waals surface area contributed by atoms with Gasteiger partial charge in [0.1, 0.15) is 5.82 Å². The van der Waals surface area contributed by atoms with Gasteiger partial charge in [-0.25, -0.2) is 4.39 Å². The largest absolute Gasteiger partial charge is 0.399 e. The number of hydrogen-bond donors (Lipinski definition) is 1. The standard InChI is InChI=1S/C15H14BrFN2O/c1-19(9-10-4-2-3-5-13(10)16)15(20)12-8-11(18)6-7-14(12)17/h2-8H,9,18H2,1H3. The molecule has 0 spiro atoms. The van der Waals surface area contributed by atoms with Crippen molar-refractivity contribution < 1.29 is 9.18 Å². The number of benzene rings is 2. The molecule has 5 heteroatoms. The molecular formula is C15H14BrFN2O. The fraction of sp³-hybridized carbons (Fsp3) is 0.133. The predicted octanol–water partition coefficient (Wildman–Crippen LogP) is 3.44. The van der Waals surface area contributed by atoms with E-state index in [0.29, 0.717) is 12.2 Å². The third kappa shape index (κ3) is 3.17. The number of carbonyl (C=O) groups excluding carboxylic acids is 1. The highest BCUT2D eigenvalue weighted by molar-refractivity contribution is 9.10. The number of hydrogen-bond acceptors (Lipinski definition) is 2. The monoisotopic (exact) mass is 336 g/mol. The Morgan fingerprint density at radius 3 is 2.70 bits per heavy atom. The number of nitrogens with two attached hydrogens (primary N) is 1. The Balaban J connectivity index is 2.21. The van der Waals surface area contributed by atoms with Gasteiger partial charge in [-0.15, -0.1) is 0 Å². The molecule has 2 aromatic rings. The minimum Gasteiger partial charge on any atom is -0.399 e. The molecule has 20 heavy (non-hydrogen) atoms. The number of rotatable bonds is 3. The average molecular weight is 337 g/mol. The second-order valence-electron chi connectivity index (χ2n) is 4.49. The van der Waals surface area contributed by atoms with E-state index in [1.165, 1.54) is 23.1 Å². The lowest BCUT2D eigenvalue weighted by Crippen LogP contribution is -2.27. The van der Waals surface area contributed by atoms with Crippen molar-refractivity contribution in [1.82, 2.24) is 4.90 Å². The maximum Gasteiger partial charge on any atom is 0.256 e. The molecule has 0 bridgehead atoms. The predicted molar refractivity (Wildman–Crippen MR) is 80.8 cm³/mol. The number of halogens is 2. The van der Waals surface area contributed by atoms with Crippen molar-refractivity contribution in [2.45, 2.75) is 6.54 Å². The molecule has 0 atom stereocenters. The van der Waals surface area contributed by atoms with E-state index in [9.17, 15) is 9.18 Å². The SMILES string of the molecule is CN(Cc1ccccc1Br)C(=O)c1cc(N)ccc1F. The van der Waals surface area contributed by atoms with Crippen LogP contribution in [-0.4, -0.2) is 17.9 Å². The Bertz CT molecular complexity index is 646. The van der Waals surface area contributed by atoms with Crippen LogP contribution < -0.4 is 5.73 Å². The van der Waals surface area contributed by atoms with E-state index < -0.39 is 11.7 Å². The normalized spacial score (nSPS) is 10.3. The van der Waals surface area contributed by atoms with Crippen molar-refractivity contribution in [1.29, 1.82) is 0 Å². The summed E-state index contributed by atoms with van der Waals surface area (Å²) in [4.78, 5) is 13.7. The van der Waals surface area contributed by atoms with Crippen LogP contribution in [0.3, 0.4) is 0 Å². The first-order valence-electron chi connectivity index (χ1n) is 6.03. The van der Waals surface area contributed by atoms with Crippen molar-refractivity contribution in [3.8, 4) is 0 Å². The van der Waals surface area contributed by atoms with Crippen LogP contribution in [0.1, 0.15) is 15.9 Å². The van der Waals surface area contributed by atoms with Gasteiger partial charge in [-0.2, -0.15) is 0 Å². The molecule has 0 aliphatic carbocycles. The molecule has 0 radical (unpaired) electrons. The first-order chi connectivity index (χ1) is 9.49. The summed E-state index contributed by atoms with van der Waals surface area (Å²) in [6.45, 7) is 0.383. The van der Waals surface area contributed by atoms with Gasteiger partial charge in [0.05, 0.1) is 5.56 Å². The number of anilines is 1. The quantitative estimate of drug-likeness (QED) is 0.872. The third-order valence-corrected chi connectivity index (χ3v) is 3.71. The van der Waals surface area contributed by atoms with Crippen molar-refractivity contribution in [3.05, 3.63) is 63.9 Å². The van der Waals surface area contributed by atoms with Crippen molar-refractivity contribution >= 4 is 27.5 Å². The summed E-state index contributed by atoms with van der Waals surface area (Å²) in [5, 5.41) is 0. The highest BCUT2D eigenvalue weighted by atomic mass is 79.9. The lowest BCUT2D eigenvalue weighted by molar-refractivity contribution is 0.0780. The second-order valence-corrected chi connectivity index (χ2v) is 5.35. The minimum atomic E-state index is -0.567. The zero-order chi connectivity index (χ0) is 14.7. The minimum absolute atomic E-state index is 0.0143. The van der Waals surface area contributed by atoms with Crippen molar-refractivity contribution in [3.63, 3.8) is 0 Å². The number of carbonyl (C=O) groups is 1. The molecule has 0 aliphatic heterocycles. The van der Waals surface area contributed by atoms with Crippen molar-refractivity contribution in [2.24, 2.45) is 0 Å². The average Bonchev–Trinajstić information content (AvgIpc) is 2.43. The molecule has 1 amide bonds. The van der Waals surface area contributed by atoms with Gasteiger partial charge in [-0.3, -0.25) is 4.79 Å². The van der Waals surface area contributed by atoms with Crippen LogP contribution in [0.2, 0.25) is 0 Å². The summed E-state index contributed by atoms with van der Waals surface area (Å²) < 4.78 is 14.6. The Hall–Kier alpha value is -1.88. The summed E-state index contributed by atoms with van der Waals surface area (Å²) in [7, 11) is 1.63. The fourth-order valence-corrected chi connectivity index (χ4v) is 2.28. The molecule has 0 saturated heterocycles. The van der Waals surface area contributed by atoms with E-state index in [1.54, 1.807) is 7.05 Å². The van der Waals surface area contributed by atoms with Gasteiger partial charge in [0.25, 0.3) is 5.91 Å². The van der Waals surface area contributed by atoms with E-state index in [4.69, 9.17) is 5.73 Å². The zero-order valence-corrected chi connectivity index (χ0v) is 12.5. The van der Waals surface area contributed by atoms with E-state index in [-0.39, 0.29) is 5.56 Å². The van der Waals surface area contributed by atoms with Gasteiger partial charge in [0.2, 0.25) is 0 Å². The summed E-state index contributed by atoms with van der Waals surface area (Å²) in [5.74, 6) is -0.964. The molecule has 2 rings (SSSR count). The van der Waals surface area contributed by atoms with Crippen LogP contribution in [0.25, 0.3) is 0 Å². The van der Waals surface area contributed by atoms with Gasteiger partial charge in [-0.05, 0) is 29.8 Å². The molecule has 0 aliphatic rings. The molecular weight excluding hydrogens is 323 g/mol. The van der Waals surface area contributed by atoms with Crippen LogP contribution >= 0.6 is 15.9 Å². The van der Waals surface area contributed by atoms with Crippen LogP contribution in [0.4, 0.5) is 10.1 Å². The highest BCUT2D eigenvalue weighted by Crippen LogP contribution is 2.19. The number of amides is 1. The lowest BCUT2D eigenvalue weighted by atomic mass is 10.1. The molecule has 0 aromatic heterocycles. The number of nitrogens with zero attached hydrogens (tertiary/aromatic N) is 1. The van der Waals surface area contributed by atoms with E-state index >= 15 is 0 Å². The molecule has 104 valence electrons. The third-order valence-electron chi connectivity index (χ3n) is 2.93. The number of nitrogen functional groups attached to an aromatic ring is 1. The van der Waals surface area contributed by atoms with Gasteiger partial charge in [-0.1, -0.05) is 34.1 Å². The first-order valence-corrected chi connectivity index (χ1v) is 6.82. The summed E-state index contributed by atoms with van der Waals surface area (Å²) in [5.41, 5.74) is 6.90.